The maximum absolute atomic E-state index is 14.4. The van der Waals surface area contributed by atoms with Crippen LogP contribution in [0, 0.1) is 33.1 Å². The number of aromatic nitrogens is 5. The van der Waals surface area contributed by atoms with Gasteiger partial charge in [0.05, 0.1) is 57.7 Å². The van der Waals surface area contributed by atoms with Crippen LogP contribution in [-0.4, -0.2) is 96.0 Å². The molecule has 0 spiro atoms. The summed E-state index contributed by atoms with van der Waals surface area (Å²) in [6.45, 7) is 15.4. The van der Waals surface area contributed by atoms with Crippen LogP contribution >= 0.6 is 34.0 Å². The number of likely N-dealkylation sites (tertiary alicyclic amines) is 1. The van der Waals surface area contributed by atoms with E-state index in [1.165, 1.54) is 23.3 Å². The van der Waals surface area contributed by atoms with Gasteiger partial charge >= 0.3 is 5.97 Å². The number of hydrogen-bond donors (Lipinski definition) is 3. The molecule has 9 rings (SSSR count). The van der Waals surface area contributed by atoms with E-state index in [2.05, 4.69) is 39.7 Å². The highest BCUT2D eigenvalue weighted by Crippen LogP contribution is 2.40. The average molecular weight is 984 g/mol. The van der Waals surface area contributed by atoms with E-state index in [1.807, 2.05) is 118 Å². The van der Waals surface area contributed by atoms with Gasteiger partial charge in [-0.25, -0.2) is 9.97 Å². The van der Waals surface area contributed by atoms with Crippen molar-refractivity contribution >= 4 is 73.6 Å². The lowest BCUT2D eigenvalue weighted by Gasteiger charge is -2.35. The summed E-state index contributed by atoms with van der Waals surface area (Å²) in [7, 11) is 1.36. The van der Waals surface area contributed by atoms with Gasteiger partial charge in [0.2, 0.25) is 11.8 Å². The predicted octanol–water partition coefficient (Wildman–Crippen LogP) is 8.40. The van der Waals surface area contributed by atoms with Gasteiger partial charge in [-0.3, -0.25) is 28.7 Å². The van der Waals surface area contributed by atoms with Crippen molar-refractivity contribution in [1.82, 2.24) is 40.3 Å². The zero-order valence-corrected chi connectivity index (χ0v) is 42.2. The van der Waals surface area contributed by atoms with Crippen LogP contribution in [0.5, 0.6) is 0 Å². The van der Waals surface area contributed by atoms with Crippen LogP contribution < -0.4 is 10.6 Å². The van der Waals surface area contributed by atoms with Crippen LogP contribution in [-0.2, 0) is 19.1 Å². The molecule has 0 saturated carbocycles. The summed E-state index contributed by atoms with van der Waals surface area (Å²) in [6.07, 6.45) is -0.816. The Morgan fingerprint density at radius 2 is 1.59 bits per heavy atom. The highest BCUT2D eigenvalue weighted by molar-refractivity contribution is 7.20. The minimum Gasteiger partial charge on any atom is -0.469 e. The van der Waals surface area contributed by atoms with Gasteiger partial charge in [-0.05, 0) is 80.0 Å². The quantitative estimate of drug-likeness (QED) is 0.106. The van der Waals surface area contributed by atoms with Crippen LogP contribution in [0.3, 0.4) is 0 Å². The zero-order valence-electron chi connectivity index (χ0n) is 39.8. The van der Waals surface area contributed by atoms with Crippen LogP contribution in [0.2, 0.25) is 0 Å². The number of aliphatic hydroxyl groups is 1. The summed E-state index contributed by atoms with van der Waals surface area (Å²) in [4.78, 5) is 72.8. The van der Waals surface area contributed by atoms with E-state index in [0.717, 1.165) is 69.8 Å². The molecule has 3 aromatic carbocycles. The van der Waals surface area contributed by atoms with E-state index < -0.39 is 47.4 Å². The molecular formula is C51H53N9O6S3. The maximum Gasteiger partial charge on any atom is 0.308 e. The van der Waals surface area contributed by atoms with Gasteiger partial charge in [0.15, 0.2) is 10.8 Å². The summed E-state index contributed by atoms with van der Waals surface area (Å²) in [6, 6.07) is 18.9. The minimum atomic E-state index is -1.03. The van der Waals surface area contributed by atoms with E-state index >= 15 is 0 Å². The number of nitrogens with zero attached hydrogens (tertiary/aromatic N) is 7. The number of thiazole rings is 2. The molecule has 0 unspecified atom stereocenters. The molecule has 3 amide bonds. The average Bonchev–Trinajstić information content (AvgIpc) is 4.16. The highest BCUT2D eigenvalue weighted by atomic mass is 32.1. The maximum atomic E-state index is 14.4. The summed E-state index contributed by atoms with van der Waals surface area (Å²) in [5.74, 6) is -0.445. The van der Waals surface area contributed by atoms with Gasteiger partial charge < -0.3 is 25.4 Å². The SMILES string of the molecule is COC(=O)C[C@@H]1N=C(c2ccc(-c3ccc4sc(C(=O)N[C@H](C(=O)N5C[C@H](O)C[C@H]5C(=O)N[C@@H](C)c5ccc(-c6scnc6C)cc5)C(C)(C)C)nc4c3)cc2)c2c(sc(C)c2C)-n2c(C)nnc21. The molecule has 18 heteroatoms. The van der Waals surface area contributed by atoms with Gasteiger partial charge in [-0.2, -0.15) is 0 Å². The molecule has 0 aliphatic carbocycles. The first kappa shape index (κ1) is 47.6. The fourth-order valence-corrected chi connectivity index (χ4v) is 11.9. The fourth-order valence-electron chi connectivity index (χ4n) is 9.00. The molecule has 15 nitrogen and oxygen atoms in total. The fraction of sp³-hybridized carbons (Fsp3) is 0.353. The van der Waals surface area contributed by atoms with E-state index in [4.69, 9.17) is 14.7 Å². The van der Waals surface area contributed by atoms with Crippen LogP contribution in [0.4, 0.5) is 0 Å². The Labute approximate surface area is 411 Å². The zero-order chi connectivity index (χ0) is 49.1. The topological polar surface area (TPSA) is 194 Å². The number of aliphatic hydroxyl groups excluding tert-OH is 1. The third-order valence-electron chi connectivity index (χ3n) is 12.9. The summed E-state index contributed by atoms with van der Waals surface area (Å²) in [5, 5.41) is 26.8. The molecule has 1 saturated heterocycles. The standard InChI is InChI=1S/C51H53N9O6S3/c1-25-28(4)68-50-41(25)42(54-37(22-40(62)66-9)45-58-57-29(5)60(45)50)32-14-12-31(13-15-32)34-18-19-39-36(20-34)55-48(69-39)47(64)56-44(51(6,7)8)49(65)59-23-35(61)21-38(59)46(63)53-26(2)30-10-16-33(17-11-30)43-27(3)52-24-67-43/h10-20,24,26,35,37-38,44,61H,21-23H2,1-9H3,(H,53,63)(H,56,64)/t26-,35+,37-,38-,44+/m0/s1. The largest absolute Gasteiger partial charge is 0.469 e. The van der Waals surface area contributed by atoms with Crippen molar-refractivity contribution in [1.29, 1.82) is 0 Å². The smallest absolute Gasteiger partial charge is 0.308 e. The first-order valence-corrected chi connectivity index (χ1v) is 25.2. The number of thiophene rings is 1. The lowest BCUT2D eigenvalue weighted by atomic mass is 9.85. The van der Waals surface area contributed by atoms with E-state index in [9.17, 15) is 24.3 Å². The second kappa shape index (κ2) is 18.8. The summed E-state index contributed by atoms with van der Waals surface area (Å²) >= 11 is 4.44. The van der Waals surface area contributed by atoms with Crippen molar-refractivity contribution in [3.8, 4) is 26.6 Å². The molecule has 6 heterocycles. The Kier molecular flexibility index (Phi) is 13.0. The number of carbonyl (C=O) groups excluding carboxylic acids is 4. The van der Waals surface area contributed by atoms with Gasteiger partial charge in [-0.1, -0.05) is 75.4 Å². The number of methoxy groups -OCH3 is 1. The van der Waals surface area contributed by atoms with Crippen LogP contribution in [0.25, 0.3) is 36.8 Å². The number of aryl methyl sites for hydroxylation is 3. The van der Waals surface area contributed by atoms with Crippen molar-refractivity contribution < 1.29 is 29.0 Å². The van der Waals surface area contributed by atoms with Crippen molar-refractivity contribution in [3.05, 3.63) is 122 Å². The lowest BCUT2D eigenvalue weighted by molar-refractivity contribution is -0.142. The highest BCUT2D eigenvalue weighted by Gasteiger charge is 2.45. The molecule has 0 bridgehead atoms. The normalized spacial score (nSPS) is 17.7. The number of hydrogen-bond acceptors (Lipinski definition) is 14. The first-order valence-electron chi connectivity index (χ1n) is 22.7. The predicted molar refractivity (Wildman–Crippen MR) is 269 cm³/mol. The van der Waals surface area contributed by atoms with Crippen molar-refractivity contribution in [3.63, 3.8) is 0 Å². The van der Waals surface area contributed by atoms with Crippen LogP contribution in [0.15, 0.2) is 77.2 Å². The molecule has 4 aromatic heterocycles. The van der Waals surface area contributed by atoms with Crippen molar-refractivity contribution in [2.45, 2.75) is 98.5 Å². The molecule has 0 radical (unpaired) electrons. The number of amides is 3. The second-order valence-electron chi connectivity index (χ2n) is 18.7. The van der Waals surface area contributed by atoms with Crippen LogP contribution in [0.1, 0.15) is 107 Å². The van der Waals surface area contributed by atoms with Crippen molar-refractivity contribution in [2.75, 3.05) is 13.7 Å². The van der Waals surface area contributed by atoms with Gasteiger partial charge in [0.25, 0.3) is 5.91 Å². The third kappa shape index (κ3) is 9.25. The Morgan fingerprint density at radius 1 is 0.899 bits per heavy atom. The van der Waals surface area contributed by atoms with E-state index in [-0.39, 0.29) is 36.3 Å². The first-order chi connectivity index (χ1) is 32.9. The van der Waals surface area contributed by atoms with E-state index in [1.54, 1.807) is 22.7 Å². The number of β-amino-alcohol motifs (C(OH)–C–C–N with tert-alkyl or cyclic N) is 1. The minimum absolute atomic E-state index is 0.0113. The number of rotatable bonds is 11. The Bertz CT molecular complexity index is 3160. The number of fused-ring (bicyclic) bond motifs is 4. The Balaban J connectivity index is 0.914. The van der Waals surface area contributed by atoms with Gasteiger partial charge in [0.1, 0.15) is 29.0 Å². The molecule has 2 aliphatic heterocycles. The molecule has 1 fully saturated rings. The molecule has 2 aliphatic rings. The Hall–Kier alpha value is -6.47. The number of ether oxygens (including phenoxy) is 1. The van der Waals surface area contributed by atoms with Gasteiger partial charge in [-0.15, -0.1) is 44.2 Å². The number of benzene rings is 3. The molecule has 3 N–H and O–H groups in total. The second-order valence-corrected chi connectivity index (χ2v) is 21.8. The van der Waals surface area contributed by atoms with E-state index in [0.29, 0.717) is 17.2 Å². The molecule has 5 atom stereocenters. The third-order valence-corrected chi connectivity index (χ3v) is 16.1. The molecule has 69 heavy (non-hydrogen) atoms. The molecule has 356 valence electrons. The summed E-state index contributed by atoms with van der Waals surface area (Å²) < 4.78 is 7.84. The molecular weight excluding hydrogens is 931 g/mol. The Morgan fingerprint density at radius 3 is 2.28 bits per heavy atom. The van der Waals surface area contributed by atoms with Crippen molar-refractivity contribution in [2.24, 2.45) is 10.4 Å². The monoisotopic (exact) mass is 983 g/mol. The number of aliphatic imine (C=N–C) groups is 1. The lowest BCUT2D eigenvalue weighted by Crippen LogP contribution is -2.57. The number of carbonyl (C=O) groups is 4. The van der Waals surface area contributed by atoms with Gasteiger partial charge in [0, 0.05) is 29.0 Å². The number of nitrogens with one attached hydrogen (secondary N) is 2. The number of esters is 1. The molecule has 7 aromatic rings. The summed E-state index contributed by atoms with van der Waals surface area (Å²) in [5.41, 5.74) is 10.1.